The van der Waals surface area contributed by atoms with Crippen LogP contribution < -0.4 is 5.32 Å². The number of nitrogens with zero attached hydrogens (tertiary/aromatic N) is 1. The third kappa shape index (κ3) is 3.93. The molecule has 2 aliphatic carbocycles. The Morgan fingerprint density at radius 2 is 1.94 bits per heavy atom. The lowest BCUT2D eigenvalue weighted by Gasteiger charge is -2.51. The van der Waals surface area contributed by atoms with Crippen LogP contribution in [0.25, 0.3) is 0 Å². The lowest BCUT2D eigenvalue weighted by molar-refractivity contribution is -0.144. The van der Waals surface area contributed by atoms with Crippen LogP contribution in [0.3, 0.4) is 0 Å². The predicted molar refractivity (Wildman–Crippen MR) is 125 cm³/mol. The number of aliphatic hydroxyl groups is 1. The fraction of sp³-hybridized carbons (Fsp3) is 0.667. The van der Waals surface area contributed by atoms with Gasteiger partial charge in [0.15, 0.2) is 0 Å². The molecule has 5 heteroatoms. The summed E-state index contributed by atoms with van der Waals surface area (Å²) in [5.74, 6) is -0.0408. The summed E-state index contributed by atoms with van der Waals surface area (Å²) < 4.78 is 5.81. The molecule has 0 unspecified atom stereocenters. The average molecular weight is 439 g/mol. The minimum absolute atomic E-state index is 0.101. The number of carbonyl (C=O) groups excluding carboxylic acids is 1. The van der Waals surface area contributed by atoms with E-state index < -0.39 is 6.10 Å². The number of nitrogens with one attached hydrogen (secondary N) is 1. The van der Waals surface area contributed by atoms with Crippen LogP contribution in [0.4, 0.5) is 0 Å². The molecule has 5 rings (SSSR count). The van der Waals surface area contributed by atoms with E-state index in [9.17, 15) is 9.90 Å². The van der Waals surface area contributed by atoms with Crippen LogP contribution in [0.1, 0.15) is 51.5 Å². The standard InChI is InChI=1S/C27H38N2O3/c1-18-7-6-10-20-15-23-24(25(30)27(18,20)2)22(26(31)32-23)16-28-21-11-13-29(14-12-21)17-19-8-4-3-5-9-19/h3-5,8-10,18,21-25,28,30H,6-7,11-17H2,1-2H3/t18-,22+,23+,24-,25+,27+/m0/s1. The van der Waals surface area contributed by atoms with E-state index in [0.29, 0.717) is 18.5 Å². The van der Waals surface area contributed by atoms with Gasteiger partial charge in [0.05, 0.1) is 12.0 Å². The lowest BCUT2D eigenvalue weighted by Crippen LogP contribution is -2.55. The SMILES string of the molecule is C[C@H]1CCC=C2C[C@H]3OC(=O)[C@H](CNC4CCN(Cc5ccccc5)CC4)[C@@H]3[C@@H](O)[C@@]21C. The number of likely N-dealkylation sites (tertiary alicyclic amines) is 1. The summed E-state index contributed by atoms with van der Waals surface area (Å²) in [5, 5.41) is 15.2. The van der Waals surface area contributed by atoms with E-state index in [4.69, 9.17) is 4.74 Å². The molecule has 1 aromatic carbocycles. The van der Waals surface area contributed by atoms with Gasteiger partial charge in [-0.2, -0.15) is 0 Å². The van der Waals surface area contributed by atoms with E-state index in [-0.39, 0.29) is 29.3 Å². The number of carbonyl (C=O) groups is 1. The summed E-state index contributed by atoms with van der Waals surface area (Å²) in [6.45, 7) is 8.22. The topological polar surface area (TPSA) is 61.8 Å². The Morgan fingerprint density at radius 1 is 1.19 bits per heavy atom. The van der Waals surface area contributed by atoms with Gasteiger partial charge in [-0.1, -0.05) is 55.8 Å². The molecule has 32 heavy (non-hydrogen) atoms. The van der Waals surface area contributed by atoms with Crippen molar-refractivity contribution < 1.29 is 14.6 Å². The zero-order chi connectivity index (χ0) is 22.3. The Kier molecular flexibility index (Phi) is 6.17. The summed E-state index contributed by atoms with van der Waals surface area (Å²) in [6.07, 6.45) is 6.76. The molecule has 2 aliphatic heterocycles. The maximum atomic E-state index is 12.8. The fourth-order valence-corrected chi connectivity index (χ4v) is 6.73. The van der Waals surface area contributed by atoms with Crippen molar-refractivity contribution >= 4 is 5.97 Å². The van der Waals surface area contributed by atoms with Crippen LogP contribution in [-0.4, -0.2) is 53.9 Å². The average Bonchev–Trinajstić information content (AvgIpc) is 3.11. The first-order chi connectivity index (χ1) is 15.5. The zero-order valence-electron chi connectivity index (χ0n) is 19.5. The number of aliphatic hydroxyl groups excluding tert-OH is 1. The lowest BCUT2D eigenvalue weighted by atomic mass is 9.55. The van der Waals surface area contributed by atoms with Crippen molar-refractivity contribution in [1.29, 1.82) is 0 Å². The highest BCUT2D eigenvalue weighted by Gasteiger charge is 2.59. The van der Waals surface area contributed by atoms with E-state index in [0.717, 1.165) is 51.7 Å². The van der Waals surface area contributed by atoms with Crippen LogP contribution in [0.2, 0.25) is 0 Å². The first-order valence-electron chi connectivity index (χ1n) is 12.5. The van der Waals surface area contributed by atoms with Crippen LogP contribution in [0.15, 0.2) is 42.0 Å². The Morgan fingerprint density at radius 3 is 2.69 bits per heavy atom. The molecule has 3 fully saturated rings. The van der Waals surface area contributed by atoms with Crippen molar-refractivity contribution in [2.24, 2.45) is 23.2 Å². The summed E-state index contributed by atoms with van der Waals surface area (Å²) >= 11 is 0. The molecule has 2 saturated heterocycles. The summed E-state index contributed by atoms with van der Waals surface area (Å²) in [5.41, 5.74) is 2.44. The second kappa shape index (κ2) is 8.92. The Bertz CT molecular complexity index is 848. The highest BCUT2D eigenvalue weighted by molar-refractivity contribution is 5.76. The van der Waals surface area contributed by atoms with Crippen LogP contribution in [-0.2, 0) is 16.1 Å². The van der Waals surface area contributed by atoms with Gasteiger partial charge in [0.25, 0.3) is 0 Å². The van der Waals surface area contributed by atoms with E-state index >= 15 is 0 Å². The third-order valence-electron chi connectivity index (χ3n) is 9.03. The molecule has 174 valence electrons. The number of ether oxygens (including phenoxy) is 1. The molecule has 4 aliphatic rings. The number of allylic oxidation sites excluding steroid dienone is 1. The van der Waals surface area contributed by atoms with E-state index in [1.54, 1.807) is 0 Å². The molecule has 0 spiro atoms. The quantitative estimate of drug-likeness (QED) is 0.544. The molecule has 0 bridgehead atoms. The Hall–Kier alpha value is -1.69. The van der Waals surface area contributed by atoms with Crippen molar-refractivity contribution in [3.05, 3.63) is 47.5 Å². The fourth-order valence-electron chi connectivity index (χ4n) is 6.73. The minimum atomic E-state index is -0.520. The Labute approximate surface area is 192 Å². The van der Waals surface area contributed by atoms with Gasteiger partial charge in [0, 0.05) is 36.9 Å². The summed E-state index contributed by atoms with van der Waals surface area (Å²) in [6, 6.07) is 11.1. The molecule has 1 aromatic rings. The number of piperidine rings is 1. The van der Waals surface area contributed by atoms with Crippen LogP contribution in [0.5, 0.6) is 0 Å². The minimum Gasteiger partial charge on any atom is -0.461 e. The molecule has 0 amide bonds. The van der Waals surface area contributed by atoms with Gasteiger partial charge < -0.3 is 15.2 Å². The normalized spacial score (nSPS) is 38.0. The molecule has 5 nitrogen and oxygen atoms in total. The van der Waals surface area contributed by atoms with Crippen molar-refractivity contribution in [2.75, 3.05) is 19.6 Å². The molecule has 0 radical (unpaired) electrons. The van der Waals surface area contributed by atoms with Crippen LogP contribution >= 0.6 is 0 Å². The first kappa shape index (κ1) is 22.1. The molecular formula is C27H38N2O3. The van der Waals surface area contributed by atoms with Gasteiger partial charge in [-0.3, -0.25) is 9.69 Å². The van der Waals surface area contributed by atoms with Crippen molar-refractivity contribution in [3.63, 3.8) is 0 Å². The second-order valence-electron chi connectivity index (χ2n) is 10.7. The highest BCUT2D eigenvalue weighted by Crippen LogP contribution is 2.55. The van der Waals surface area contributed by atoms with E-state index in [1.165, 1.54) is 11.1 Å². The third-order valence-corrected chi connectivity index (χ3v) is 9.03. The van der Waals surface area contributed by atoms with E-state index in [2.05, 4.69) is 60.5 Å². The number of rotatable bonds is 5. The molecule has 2 heterocycles. The molecule has 6 atom stereocenters. The molecular weight excluding hydrogens is 400 g/mol. The number of fused-ring (bicyclic) bond motifs is 2. The monoisotopic (exact) mass is 438 g/mol. The molecule has 2 N–H and O–H groups in total. The van der Waals surface area contributed by atoms with Gasteiger partial charge in [-0.05, 0) is 50.3 Å². The smallest absolute Gasteiger partial charge is 0.311 e. The van der Waals surface area contributed by atoms with Crippen molar-refractivity contribution in [2.45, 2.75) is 70.7 Å². The van der Waals surface area contributed by atoms with Gasteiger partial charge in [0.2, 0.25) is 0 Å². The van der Waals surface area contributed by atoms with Gasteiger partial charge in [-0.25, -0.2) is 0 Å². The van der Waals surface area contributed by atoms with Crippen LogP contribution in [0, 0.1) is 23.2 Å². The maximum Gasteiger partial charge on any atom is 0.311 e. The van der Waals surface area contributed by atoms with Crippen molar-refractivity contribution in [3.8, 4) is 0 Å². The first-order valence-corrected chi connectivity index (χ1v) is 12.5. The summed E-state index contributed by atoms with van der Waals surface area (Å²) in [7, 11) is 0. The summed E-state index contributed by atoms with van der Waals surface area (Å²) in [4.78, 5) is 15.3. The highest BCUT2D eigenvalue weighted by atomic mass is 16.6. The van der Waals surface area contributed by atoms with Crippen molar-refractivity contribution in [1.82, 2.24) is 10.2 Å². The number of benzene rings is 1. The second-order valence-corrected chi connectivity index (χ2v) is 10.7. The largest absolute Gasteiger partial charge is 0.461 e. The number of hydrogen-bond donors (Lipinski definition) is 2. The maximum absolute atomic E-state index is 12.8. The predicted octanol–water partition coefficient (Wildman–Crippen LogP) is 3.53. The number of hydrogen-bond acceptors (Lipinski definition) is 5. The Balaban J connectivity index is 1.18. The zero-order valence-corrected chi connectivity index (χ0v) is 19.5. The van der Waals surface area contributed by atoms with E-state index in [1.807, 2.05) is 0 Å². The van der Waals surface area contributed by atoms with Gasteiger partial charge >= 0.3 is 5.97 Å². The molecule has 1 saturated carbocycles. The molecule has 0 aromatic heterocycles. The van der Waals surface area contributed by atoms with Gasteiger partial charge in [-0.15, -0.1) is 0 Å². The van der Waals surface area contributed by atoms with Gasteiger partial charge in [0.1, 0.15) is 6.10 Å². The number of esters is 1.